The zero-order valence-electron chi connectivity index (χ0n) is 18.2. The summed E-state index contributed by atoms with van der Waals surface area (Å²) in [4.78, 5) is 18.1. The van der Waals surface area contributed by atoms with Crippen LogP contribution in [-0.2, 0) is 22.4 Å². The van der Waals surface area contributed by atoms with Crippen LogP contribution in [0.25, 0.3) is 0 Å². The number of hydrogen-bond acceptors (Lipinski definition) is 3. The summed E-state index contributed by atoms with van der Waals surface area (Å²) in [5, 5.41) is 0. The summed E-state index contributed by atoms with van der Waals surface area (Å²) in [6, 6.07) is 9.62. The molecule has 2 saturated heterocycles. The molecule has 4 aliphatic rings. The normalized spacial score (nSPS) is 25.5. The van der Waals surface area contributed by atoms with Gasteiger partial charge in [0.25, 0.3) is 0 Å². The largest absolute Gasteiger partial charge is 0.376 e. The lowest BCUT2D eigenvalue weighted by Gasteiger charge is -2.38. The Labute approximate surface area is 181 Å². The number of fused-ring (bicyclic) bond motifs is 1. The van der Waals surface area contributed by atoms with Crippen LogP contribution < -0.4 is 0 Å². The van der Waals surface area contributed by atoms with Crippen molar-refractivity contribution < 1.29 is 9.53 Å². The summed E-state index contributed by atoms with van der Waals surface area (Å²) in [6.45, 7) is 4.91. The maximum Gasteiger partial charge on any atom is 0.249 e. The predicted octanol–water partition coefficient (Wildman–Crippen LogP) is 3.98. The summed E-state index contributed by atoms with van der Waals surface area (Å²) in [6.07, 6.45) is 12.6. The van der Waals surface area contributed by atoms with Crippen LogP contribution in [0, 0.1) is 5.92 Å². The van der Waals surface area contributed by atoms with Crippen molar-refractivity contribution in [2.24, 2.45) is 5.92 Å². The van der Waals surface area contributed by atoms with Gasteiger partial charge in [0.15, 0.2) is 0 Å². The van der Waals surface area contributed by atoms with Gasteiger partial charge >= 0.3 is 0 Å². The molecule has 0 spiro atoms. The molecule has 4 nitrogen and oxygen atoms in total. The minimum absolute atomic E-state index is 0.244. The molecule has 2 aliphatic carbocycles. The van der Waals surface area contributed by atoms with Gasteiger partial charge in [-0.3, -0.25) is 9.69 Å². The molecule has 0 unspecified atom stereocenters. The third-order valence-corrected chi connectivity index (χ3v) is 7.72. The summed E-state index contributed by atoms with van der Waals surface area (Å²) in [7, 11) is 0. The Hall–Kier alpha value is -1.65. The topological polar surface area (TPSA) is 32.8 Å². The molecule has 1 atom stereocenters. The van der Waals surface area contributed by atoms with Gasteiger partial charge in [0.2, 0.25) is 5.91 Å². The third-order valence-electron chi connectivity index (χ3n) is 7.72. The molecule has 2 fully saturated rings. The second-order valence-electron chi connectivity index (χ2n) is 9.78. The second kappa shape index (κ2) is 9.23. The van der Waals surface area contributed by atoms with E-state index in [0.29, 0.717) is 12.0 Å². The zero-order valence-corrected chi connectivity index (χ0v) is 18.2. The van der Waals surface area contributed by atoms with E-state index in [1.165, 1.54) is 38.8 Å². The van der Waals surface area contributed by atoms with Gasteiger partial charge < -0.3 is 9.64 Å². The van der Waals surface area contributed by atoms with Crippen LogP contribution in [-0.4, -0.2) is 60.6 Å². The Morgan fingerprint density at radius 1 is 1.03 bits per heavy atom. The first kappa shape index (κ1) is 20.3. The van der Waals surface area contributed by atoms with Crippen LogP contribution in [0.1, 0.15) is 56.1 Å². The van der Waals surface area contributed by atoms with E-state index in [1.807, 2.05) is 0 Å². The summed E-state index contributed by atoms with van der Waals surface area (Å²) in [5.74, 6) is 0.911. The van der Waals surface area contributed by atoms with Crippen LogP contribution in [0.3, 0.4) is 0 Å². The molecule has 4 heteroatoms. The number of likely N-dealkylation sites (tertiary alicyclic amines) is 1. The van der Waals surface area contributed by atoms with Crippen molar-refractivity contribution in [2.45, 2.75) is 69.9 Å². The molecule has 5 rings (SSSR count). The summed E-state index contributed by atoms with van der Waals surface area (Å²) < 4.78 is 5.88. The molecular weight excluding hydrogens is 372 g/mol. The molecule has 2 aliphatic heterocycles. The highest BCUT2D eigenvalue weighted by atomic mass is 16.5. The highest BCUT2D eigenvalue weighted by molar-refractivity contribution is 5.93. The molecule has 30 heavy (non-hydrogen) atoms. The molecule has 0 bridgehead atoms. The SMILES string of the molecule is O=C(C1=CCCC1)N(CC1CCN(C2Cc3ccccc3C2)CC1)C[C@@H]1CCCO1. The minimum atomic E-state index is 0.244. The molecule has 1 aromatic carbocycles. The number of amides is 1. The molecule has 0 radical (unpaired) electrons. The van der Waals surface area contributed by atoms with Gasteiger partial charge in [-0.05, 0) is 87.9 Å². The Morgan fingerprint density at radius 2 is 1.80 bits per heavy atom. The average Bonchev–Trinajstić information content (AvgIpc) is 3.54. The molecule has 162 valence electrons. The second-order valence-corrected chi connectivity index (χ2v) is 9.78. The number of benzene rings is 1. The van der Waals surface area contributed by atoms with Crippen molar-refractivity contribution in [1.29, 1.82) is 0 Å². The average molecular weight is 409 g/mol. The van der Waals surface area contributed by atoms with Crippen LogP contribution >= 0.6 is 0 Å². The Balaban J connectivity index is 1.16. The van der Waals surface area contributed by atoms with E-state index in [2.05, 4.69) is 40.1 Å². The van der Waals surface area contributed by atoms with Crippen molar-refractivity contribution in [3.63, 3.8) is 0 Å². The number of carbonyl (C=O) groups excluding carboxylic acids is 1. The monoisotopic (exact) mass is 408 g/mol. The van der Waals surface area contributed by atoms with Crippen molar-refractivity contribution in [3.8, 4) is 0 Å². The van der Waals surface area contributed by atoms with Gasteiger partial charge in [0, 0.05) is 31.3 Å². The number of hydrogen-bond donors (Lipinski definition) is 0. The highest BCUT2D eigenvalue weighted by Gasteiger charge is 2.32. The lowest BCUT2D eigenvalue weighted by Crippen LogP contribution is -2.46. The molecule has 0 saturated carbocycles. The molecular formula is C26H36N2O2. The van der Waals surface area contributed by atoms with Crippen LogP contribution in [0.15, 0.2) is 35.9 Å². The van der Waals surface area contributed by atoms with Crippen molar-refractivity contribution in [3.05, 3.63) is 47.0 Å². The molecule has 1 amide bonds. The first-order valence-corrected chi connectivity index (χ1v) is 12.2. The fourth-order valence-corrected chi connectivity index (χ4v) is 5.95. The van der Waals surface area contributed by atoms with Crippen LogP contribution in [0.4, 0.5) is 0 Å². The van der Waals surface area contributed by atoms with Crippen LogP contribution in [0.5, 0.6) is 0 Å². The lowest BCUT2D eigenvalue weighted by molar-refractivity contribution is -0.129. The number of ether oxygens (including phenoxy) is 1. The lowest BCUT2D eigenvalue weighted by atomic mass is 9.94. The first-order chi connectivity index (χ1) is 14.8. The summed E-state index contributed by atoms with van der Waals surface area (Å²) >= 11 is 0. The van der Waals surface area contributed by atoms with E-state index >= 15 is 0 Å². The van der Waals surface area contributed by atoms with Crippen molar-refractivity contribution in [1.82, 2.24) is 9.80 Å². The van der Waals surface area contributed by atoms with Gasteiger partial charge in [0.1, 0.15) is 0 Å². The minimum Gasteiger partial charge on any atom is -0.376 e. The number of allylic oxidation sites excluding steroid dienone is 1. The smallest absolute Gasteiger partial charge is 0.249 e. The van der Waals surface area contributed by atoms with E-state index in [4.69, 9.17) is 4.74 Å². The molecule has 2 heterocycles. The van der Waals surface area contributed by atoms with Gasteiger partial charge in [-0.15, -0.1) is 0 Å². The maximum atomic E-state index is 13.2. The fraction of sp³-hybridized carbons (Fsp3) is 0.654. The number of rotatable bonds is 6. The van der Waals surface area contributed by atoms with E-state index in [9.17, 15) is 4.79 Å². The fourth-order valence-electron chi connectivity index (χ4n) is 5.95. The highest BCUT2D eigenvalue weighted by Crippen LogP contribution is 2.30. The van der Waals surface area contributed by atoms with Gasteiger partial charge in [-0.25, -0.2) is 0 Å². The van der Waals surface area contributed by atoms with Gasteiger partial charge in [0.05, 0.1) is 6.10 Å². The number of nitrogens with zero attached hydrogens (tertiary/aromatic N) is 2. The predicted molar refractivity (Wildman–Crippen MR) is 119 cm³/mol. The standard InChI is InChI=1S/C26H36N2O2/c29-26(21-6-1-2-7-21)28(19-25-10-5-15-30-25)18-20-11-13-27(14-12-20)24-16-22-8-3-4-9-23(22)17-24/h3-4,6,8-9,20,24-25H,1-2,5,7,10-19H2/t25-/m0/s1. The van der Waals surface area contributed by atoms with E-state index < -0.39 is 0 Å². The van der Waals surface area contributed by atoms with E-state index in [1.54, 1.807) is 11.1 Å². The summed E-state index contributed by atoms with van der Waals surface area (Å²) in [5.41, 5.74) is 4.14. The quantitative estimate of drug-likeness (QED) is 0.714. The van der Waals surface area contributed by atoms with Gasteiger partial charge in [-0.2, -0.15) is 0 Å². The van der Waals surface area contributed by atoms with Gasteiger partial charge in [-0.1, -0.05) is 30.3 Å². The number of piperidine rings is 1. The third kappa shape index (κ3) is 4.50. The van der Waals surface area contributed by atoms with E-state index in [-0.39, 0.29) is 12.0 Å². The molecule has 0 N–H and O–H groups in total. The molecule has 1 aromatic rings. The first-order valence-electron chi connectivity index (χ1n) is 12.2. The Kier molecular flexibility index (Phi) is 6.24. The van der Waals surface area contributed by atoms with E-state index in [0.717, 1.165) is 57.4 Å². The van der Waals surface area contributed by atoms with Crippen molar-refractivity contribution >= 4 is 5.91 Å². The molecule has 0 aromatic heterocycles. The Morgan fingerprint density at radius 3 is 2.43 bits per heavy atom. The zero-order chi connectivity index (χ0) is 20.3. The maximum absolute atomic E-state index is 13.2. The van der Waals surface area contributed by atoms with Crippen LogP contribution in [0.2, 0.25) is 0 Å². The van der Waals surface area contributed by atoms with Crippen molar-refractivity contribution in [2.75, 3.05) is 32.8 Å². The Bertz CT molecular complexity index is 750. The number of carbonyl (C=O) groups is 1.